The van der Waals surface area contributed by atoms with Crippen molar-refractivity contribution in [1.29, 1.82) is 0 Å². The Balaban J connectivity index is 0.00000341. The lowest BCUT2D eigenvalue weighted by atomic mass is 10.2. The van der Waals surface area contributed by atoms with Crippen molar-refractivity contribution in [3.63, 3.8) is 0 Å². The molecule has 1 amide bonds. The number of hydrogen-bond acceptors (Lipinski definition) is 5. The first-order valence-corrected chi connectivity index (χ1v) is 12.3. The zero-order valence-electron chi connectivity index (χ0n) is 18.1. The molecule has 0 spiro atoms. The van der Waals surface area contributed by atoms with Gasteiger partial charge in [0.05, 0.1) is 10.2 Å². The summed E-state index contributed by atoms with van der Waals surface area (Å²) in [7, 11) is 4.10. The molecular formula is C23H29Cl2N3OS2. The molecule has 8 heteroatoms. The first-order chi connectivity index (χ1) is 14.5. The molecule has 0 unspecified atom stereocenters. The second-order valence-corrected chi connectivity index (χ2v) is 10.1. The fourth-order valence-corrected chi connectivity index (χ4v) is 5.24. The number of anilines is 1. The molecule has 2 aromatic carbocycles. The zero-order chi connectivity index (χ0) is 21.5. The fourth-order valence-electron chi connectivity index (χ4n) is 3.14. The molecule has 0 aliphatic carbocycles. The van der Waals surface area contributed by atoms with E-state index in [1.54, 1.807) is 23.1 Å². The van der Waals surface area contributed by atoms with Gasteiger partial charge < -0.3 is 4.90 Å². The van der Waals surface area contributed by atoms with Gasteiger partial charge in [-0.25, -0.2) is 4.98 Å². The van der Waals surface area contributed by atoms with Gasteiger partial charge in [-0.3, -0.25) is 9.69 Å². The van der Waals surface area contributed by atoms with Gasteiger partial charge in [-0.05, 0) is 76.0 Å². The highest BCUT2D eigenvalue weighted by Gasteiger charge is 2.20. The van der Waals surface area contributed by atoms with E-state index in [9.17, 15) is 4.79 Å². The van der Waals surface area contributed by atoms with Crippen molar-refractivity contribution in [3.8, 4) is 0 Å². The lowest BCUT2D eigenvalue weighted by Crippen LogP contribution is -2.33. The minimum absolute atomic E-state index is 0. The lowest BCUT2D eigenvalue weighted by molar-refractivity contribution is -0.118. The molecule has 0 bridgehead atoms. The Morgan fingerprint density at radius 1 is 1.10 bits per heavy atom. The maximum absolute atomic E-state index is 13.1. The number of benzene rings is 2. The topological polar surface area (TPSA) is 36.4 Å². The Hall–Kier alpha value is -1.31. The van der Waals surface area contributed by atoms with E-state index < -0.39 is 0 Å². The molecule has 4 nitrogen and oxygen atoms in total. The van der Waals surface area contributed by atoms with Crippen LogP contribution in [0.4, 0.5) is 5.13 Å². The average Bonchev–Trinajstić information content (AvgIpc) is 3.16. The number of thioether (sulfide) groups is 1. The van der Waals surface area contributed by atoms with Crippen molar-refractivity contribution >= 4 is 68.4 Å². The molecule has 0 atom stereocenters. The molecule has 0 aliphatic heterocycles. The molecule has 0 fully saturated rings. The van der Waals surface area contributed by atoms with E-state index in [1.807, 2.05) is 42.2 Å². The molecule has 0 saturated carbocycles. The molecule has 0 saturated heterocycles. The quantitative estimate of drug-likeness (QED) is 0.235. The van der Waals surface area contributed by atoms with Crippen molar-refractivity contribution in [3.05, 3.63) is 53.1 Å². The van der Waals surface area contributed by atoms with Crippen molar-refractivity contribution in [2.45, 2.75) is 31.1 Å². The predicted molar refractivity (Wildman–Crippen MR) is 139 cm³/mol. The van der Waals surface area contributed by atoms with Crippen molar-refractivity contribution < 1.29 is 4.79 Å². The summed E-state index contributed by atoms with van der Waals surface area (Å²) in [4.78, 5) is 23.1. The molecule has 1 heterocycles. The molecule has 168 valence electrons. The van der Waals surface area contributed by atoms with E-state index in [0.29, 0.717) is 18.0 Å². The number of nitrogens with zero attached hydrogens (tertiary/aromatic N) is 3. The summed E-state index contributed by atoms with van der Waals surface area (Å²) in [6.45, 7) is 3.59. The number of carbonyl (C=O) groups excluding carboxylic acids is 1. The Morgan fingerprint density at radius 3 is 2.55 bits per heavy atom. The van der Waals surface area contributed by atoms with Gasteiger partial charge in [0, 0.05) is 22.9 Å². The van der Waals surface area contributed by atoms with Crippen LogP contribution in [-0.4, -0.2) is 48.7 Å². The maximum Gasteiger partial charge on any atom is 0.228 e. The van der Waals surface area contributed by atoms with Gasteiger partial charge in [0.1, 0.15) is 0 Å². The van der Waals surface area contributed by atoms with Crippen LogP contribution in [0.25, 0.3) is 10.2 Å². The summed E-state index contributed by atoms with van der Waals surface area (Å²) in [5.41, 5.74) is 1.86. The number of carbonyl (C=O) groups is 1. The van der Waals surface area contributed by atoms with Gasteiger partial charge in [0.25, 0.3) is 0 Å². The molecule has 3 aromatic rings. The van der Waals surface area contributed by atoms with Gasteiger partial charge in [-0.15, -0.1) is 24.2 Å². The number of aryl methyl sites for hydroxylation is 1. The molecule has 3 rings (SSSR count). The third-order valence-electron chi connectivity index (χ3n) is 4.80. The first kappa shape index (κ1) is 25.9. The van der Waals surface area contributed by atoms with Crippen LogP contribution in [0.5, 0.6) is 0 Å². The number of thiazole rings is 1. The Labute approximate surface area is 204 Å². The van der Waals surface area contributed by atoms with Crippen molar-refractivity contribution in [1.82, 2.24) is 9.88 Å². The molecular weight excluding hydrogens is 469 g/mol. The van der Waals surface area contributed by atoms with Crippen LogP contribution in [0.3, 0.4) is 0 Å². The average molecular weight is 499 g/mol. The second kappa shape index (κ2) is 12.7. The number of aromatic nitrogens is 1. The largest absolute Gasteiger partial charge is 0.309 e. The molecule has 31 heavy (non-hydrogen) atoms. The van der Waals surface area contributed by atoms with Gasteiger partial charge in [0.2, 0.25) is 5.91 Å². The van der Waals surface area contributed by atoms with Gasteiger partial charge >= 0.3 is 0 Å². The highest BCUT2D eigenvalue weighted by molar-refractivity contribution is 7.99. The summed E-state index contributed by atoms with van der Waals surface area (Å²) in [5.74, 6) is 1.07. The molecule has 0 N–H and O–H groups in total. The highest BCUT2D eigenvalue weighted by Crippen LogP contribution is 2.34. The third-order valence-corrected chi connectivity index (χ3v) is 7.35. The summed E-state index contributed by atoms with van der Waals surface area (Å²) in [6.07, 6.45) is 2.28. The normalized spacial score (nSPS) is 11.0. The Morgan fingerprint density at radius 2 is 1.84 bits per heavy atom. The van der Waals surface area contributed by atoms with E-state index in [4.69, 9.17) is 16.6 Å². The van der Waals surface area contributed by atoms with Crippen LogP contribution in [0.1, 0.15) is 24.8 Å². The molecule has 0 aliphatic rings. The zero-order valence-corrected chi connectivity index (χ0v) is 21.3. The van der Waals surface area contributed by atoms with E-state index in [1.165, 1.54) is 4.90 Å². The highest BCUT2D eigenvalue weighted by atomic mass is 35.5. The third kappa shape index (κ3) is 7.36. The Kier molecular flexibility index (Phi) is 10.6. The monoisotopic (exact) mass is 497 g/mol. The SMILES string of the molecule is Cc1c(Cl)ccc2sc(N(CCCN(C)C)C(=O)CCCSc3ccccc3)nc12.Cl. The lowest BCUT2D eigenvalue weighted by Gasteiger charge is -2.21. The van der Waals surface area contributed by atoms with E-state index in [0.717, 1.165) is 46.1 Å². The van der Waals surface area contributed by atoms with Crippen LogP contribution in [0.15, 0.2) is 47.4 Å². The van der Waals surface area contributed by atoms with Crippen molar-refractivity contribution in [2.75, 3.05) is 37.8 Å². The van der Waals surface area contributed by atoms with Crippen molar-refractivity contribution in [2.24, 2.45) is 0 Å². The number of hydrogen-bond donors (Lipinski definition) is 0. The minimum Gasteiger partial charge on any atom is -0.309 e. The maximum atomic E-state index is 13.1. The van der Waals surface area contributed by atoms with E-state index >= 15 is 0 Å². The van der Waals surface area contributed by atoms with Crippen LogP contribution in [-0.2, 0) is 4.79 Å². The fraction of sp³-hybridized carbons (Fsp3) is 0.391. The summed E-state index contributed by atoms with van der Waals surface area (Å²) in [6, 6.07) is 14.2. The summed E-state index contributed by atoms with van der Waals surface area (Å²) >= 11 is 9.63. The van der Waals surface area contributed by atoms with Gasteiger partial charge in [-0.1, -0.05) is 41.1 Å². The van der Waals surface area contributed by atoms with Gasteiger partial charge in [0.15, 0.2) is 5.13 Å². The van der Waals surface area contributed by atoms with Crippen LogP contribution >= 0.6 is 47.1 Å². The Bertz CT molecular complexity index is 980. The smallest absolute Gasteiger partial charge is 0.228 e. The number of amides is 1. The summed E-state index contributed by atoms with van der Waals surface area (Å²) < 4.78 is 1.07. The second-order valence-electron chi connectivity index (χ2n) is 7.48. The standard InChI is InChI=1S/C23H28ClN3OS2.ClH/c1-17-19(24)12-13-20-22(17)25-23(30-20)27(15-8-14-26(2)3)21(28)11-7-16-29-18-9-5-4-6-10-18;/h4-6,9-10,12-13H,7-8,11,14-16H2,1-3H3;1H. The summed E-state index contributed by atoms with van der Waals surface area (Å²) in [5, 5.41) is 1.48. The minimum atomic E-state index is 0. The predicted octanol–water partition coefficient (Wildman–Crippen LogP) is 6.54. The van der Waals surface area contributed by atoms with E-state index in [-0.39, 0.29) is 18.3 Å². The molecule has 1 aromatic heterocycles. The number of halogens is 2. The van der Waals surface area contributed by atoms with Crippen LogP contribution in [0.2, 0.25) is 5.02 Å². The van der Waals surface area contributed by atoms with Gasteiger partial charge in [-0.2, -0.15) is 0 Å². The number of fused-ring (bicyclic) bond motifs is 1. The van der Waals surface area contributed by atoms with E-state index in [2.05, 4.69) is 31.1 Å². The van der Waals surface area contributed by atoms with Crippen LogP contribution in [0, 0.1) is 6.92 Å². The molecule has 0 radical (unpaired) electrons. The number of rotatable bonds is 10. The van der Waals surface area contributed by atoms with Crippen LogP contribution < -0.4 is 4.90 Å². The first-order valence-electron chi connectivity index (χ1n) is 10.1.